The highest BCUT2D eigenvalue weighted by Crippen LogP contribution is 2.25. The van der Waals surface area contributed by atoms with E-state index >= 15 is 0 Å². The van der Waals surface area contributed by atoms with E-state index in [0.717, 1.165) is 11.1 Å². The van der Waals surface area contributed by atoms with Gasteiger partial charge in [-0.05, 0) is 37.3 Å². The molecule has 1 fully saturated rings. The predicted molar refractivity (Wildman–Crippen MR) is 115 cm³/mol. The lowest BCUT2D eigenvalue weighted by molar-refractivity contribution is -0.146. The number of hydrogen-bond donors (Lipinski definition) is 2. The van der Waals surface area contributed by atoms with Gasteiger partial charge >= 0.3 is 5.97 Å². The number of aryl methyl sites for hydroxylation is 1. The Labute approximate surface area is 181 Å². The molecule has 0 saturated heterocycles. The molecule has 1 aliphatic carbocycles. The van der Waals surface area contributed by atoms with Crippen LogP contribution >= 0.6 is 12.4 Å². The van der Waals surface area contributed by atoms with Gasteiger partial charge < -0.3 is 15.8 Å². The monoisotopic (exact) mass is 434 g/mol. The van der Waals surface area contributed by atoms with Crippen LogP contribution < -0.4 is 16.6 Å². The Hall–Kier alpha value is -2.71. The first-order chi connectivity index (χ1) is 13.9. The second kappa shape index (κ2) is 10.4. The molecule has 0 bridgehead atoms. The van der Waals surface area contributed by atoms with Crippen LogP contribution in [0.4, 0.5) is 0 Å². The fourth-order valence-electron chi connectivity index (χ4n) is 3.63. The fraction of sp³-hybridized carbons (Fsp3) is 0.429. The molecule has 1 aliphatic rings. The van der Waals surface area contributed by atoms with Gasteiger partial charge in [0.15, 0.2) is 0 Å². The van der Waals surface area contributed by atoms with Gasteiger partial charge in [0.25, 0.3) is 11.5 Å². The molecule has 0 atom stereocenters. The van der Waals surface area contributed by atoms with Crippen LogP contribution in [0.15, 0.2) is 35.1 Å². The molecular formula is C21H27ClN4O4. The van der Waals surface area contributed by atoms with E-state index in [1.807, 2.05) is 24.3 Å². The zero-order chi connectivity index (χ0) is 21.0. The van der Waals surface area contributed by atoms with Crippen LogP contribution in [0.3, 0.4) is 0 Å². The van der Waals surface area contributed by atoms with E-state index in [1.165, 1.54) is 24.9 Å². The van der Waals surface area contributed by atoms with E-state index in [-0.39, 0.29) is 35.9 Å². The fourth-order valence-corrected chi connectivity index (χ4v) is 3.63. The predicted octanol–water partition coefficient (Wildman–Crippen LogP) is 1.79. The number of amides is 1. The number of halogens is 1. The van der Waals surface area contributed by atoms with Crippen LogP contribution in [0.1, 0.15) is 41.6 Å². The van der Waals surface area contributed by atoms with E-state index in [2.05, 4.69) is 10.4 Å². The van der Waals surface area contributed by atoms with Crippen molar-refractivity contribution in [1.29, 1.82) is 0 Å². The van der Waals surface area contributed by atoms with Crippen LogP contribution in [0.2, 0.25) is 0 Å². The number of nitrogens with zero attached hydrogens (tertiary/aromatic N) is 2. The summed E-state index contributed by atoms with van der Waals surface area (Å²) in [6, 6.07) is 8.96. The topological polar surface area (TPSA) is 116 Å². The number of carbonyl (C=O) groups is 2. The van der Waals surface area contributed by atoms with Crippen molar-refractivity contribution in [1.82, 2.24) is 15.1 Å². The number of carbonyl (C=O) groups excluding carboxylic acids is 2. The molecule has 0 radical (unpaired) electrons. The molecular weight excluding hydrogens is 408 g/mol. The summed E-state index contributed by atoms with van der Waals surface area (Å²) in [6.45, 7) is 0.437. The summed E-state index contributed by atoms with van der Waals surface area (Å²) < 4.78 is 5.97. The van der Waals surface area contributed by atoms with E-state index < -0.39 is 11.5 Å². The van der Waals surface area contributed by atoms with Crippen LogP contribution in [-0.2, 0) is 23.1 Å². The third-order valence-corrected chi connectivity index (χ3v) is 5.39. The number of methoxy groups -OCH3 is 1. The number of nitrogens with two attached hydrogens (primary N) is 1. The number of rotatable bonds is 5. The SMILES string of the molecule is COC(=O)[C@H]1CC[C@H](NC(=O)c2cc(-c3ccc(CN)cc3)nn(C)c2=O)CC1.Cl. The molecule has 2 aromatic rings. The molecule has 30 heavy (non-hydrogen) atoms. The van der Waals surface area contributed by atoms with Crippen molar-refractivity contribution in [3.8, 4) is 11.3 Å². The molecule has 3 N–H and O–H groups in total. The summed E-state index contributed by atoms with van der Waals surface area (Å²) in [5.41, 5.74) is 7.55. The minimum atomic E-state index is -0.451. The van der Waals surface area contributed by atoms with Gasteiger partial charge in [0.05, 0.1) is 18.7 Å². The summed E-state index contributed by atoms with van der Waals surface area (Å²) in [5, 5.41) is 7.20. The molecule has 3 rings (SSSR count). The highest BCUT2D eigenvalue weighted by Gasteiger charge is 2.28. The summed E-state index contributed by atoms with van der Waals surface area (Å²) >= 11 is 0. The zero-order valence-electron chi connectivity index (χ0n) is 17.1. The van der Waals surface area contributed by atoms with Gasteiger partial charge in [0.1, 0.15) is 5.56 Å². The van der Waals surface area contributed by atoms with Crippen molar-refractivity contribution in [3.63, 3.8) is 0 Å². The maximum absolute atomic E-state index is 12.8. The Morgan fingerprint density at radius 2 is 1.83 bits per heavy atom. The van der Waals surface area contributed by atoms with Gasteiger partial charge in [-0.3, -0.25) is 14.4 Å². The van der Waals surface area contributed by atoms with Crippen LogP contribution in [0.5, 0.6) is 0 Å². The summed E-state index contributed by atoms with van der Waals surface area (Å²) in [7, 11) is 2.91. The number of ether oxygens (including phenoxy) is 1. The number of aromatic nitrogens is 2. The number of benzene rings is 1. The Bertz CT molecular complexity index is 950. The highest BCUT2D eigenvalue weighted by molar-refractivity contribution is 5.95. The second-order valence-corrected chi connectivity index (χ2v) is 7.32. The molecule has 1 aromatic carbocycles. The minimum Gasteiger partial charge on any atom is -0.469 e. The maximum Gasteiger partial charge on any atom is 0.308 e. The van der Waals surface area contributed by atoms with Crippen molar-refractivity contribution in [3.05, 3.63) is 51.8 Å². The van der Waals surface area contributed by atoms with Gasteiger partial charge in [-0.15, -0.1) is 12.4 Å². The normalized spacial score (nSPS) is 18.2. The van der Waals surface area contributed by atoms with Crippen molar-refractivity contribution >= 4 is 24.3 Å². The van der Waals surface area contributed by atoms with Crippen molar-refractivity contribution in [2.45, 2.75) is 38.3 Å². The summed E-state index contributed by atoms with van der Waals surface area (Å²) in [6.07, 6.45) is 2.66. The number of hydrogen-bond acceptors (Lipinski definition) is 6. The first kappa shape index (κ1) is 23.6. The molecule has 0 aliphatic heterocycles. The Kier molecular flexibility index (Phi) is 8.14. The first-order valence-corrected chi connectivity index (χ1v) is 9.69. The summed E-state index contributed by atoms with van der Waals surface area (Å²) in [5.74, 6) is -0.748. The highest BCUT2D eigenvalue weighted by atomic mass is 35.5. The van der Waals surface area contributed by atoms with Crippen LogP contribution in [0.25, 0.3) is 11.3 Å². The van der Waals surface area contributed by atoms with E-state index in [9.17, 15) is 14.4 Å². The quantitative estimate of drug-likeness (QED) is 0.693. The third kappa shape index (κ3) is 5.25. The summed E-state index contributed by atoms with van der Waals surface area (Å²) in [4.78, 5) is 36.9. The van der Waals surface area contributed by atoms with Crippen molar-refractivity contribution < 1.29 is 14.3 Å². The molecule has 1 heterocycles. The Balaban J connectivity index is 0.00000320. The van der Waals surface area contributed by atoms with Gasteiger partial charge in [0.2, 0.25) is 0 Å². The van der Waals surface area contributed by atoms with E-state index in [1.54, 1.807) is 0 Å². The Morgan fingerprint density at radius 3 is 2.40 bits per heavy atom. The van der Waals surface area contributed by atoms with Crippen LogP contribution in [0, 0.1) is 5.92 Å². The molecule has 8 nitrogen and oxygen atoms in total. The molecule has 9 heteroatoms. The van der Waals surface area contributed by atoms with Crippen molar-refractivity contribution in [2.24, 2.45) is 18.7 Å². The minimum absolute atomic E-state index is 0. The van der Waals surface area contributed by atoms with Gasteiger partial charge in [0, 0.05) is 25.2 Å². The smallest absolute Gasteiger partial charge is 0.308 e. The average molecular weight is 435 g/mol. The van der Waals surface area contributed by atoms with Crippen molar-refractivity contribution in [2.75, 3.05) is 7.11 Å². The first-order valence-electron chi connectivity index (χ1n) is 9.69. The number of nitrogens with one attached hydrogen (secondary N) is 1. The molecule has 1 aromatic heterocycles. The average Bonchev–Trinajstić information content (AvgIpc) is 2.75. The zero-order valence-corrected chi connectivity index (χ0v) is 17.9. The lowest BCUT2D eigenvalue weighted by atomic mass is 9.86. The molecule has 1 amide bonds. The lowest BCUT2D eigenvalue weighted by Gasteiger charge is -2.27. The van der Waals surface area contributed by atoms with Gasteiger partial charge in [-0.1, -0.05) is 24.3 Å². The third-order valence-electron chi connectivity index (χ3n) is 5.39. The van der Waals surface area contributed by atoms with Gasteiger partial charge in [-0.25, -0.2) is 4.68 Å². The maximum atomic E-state index is 12.8. The van der Waals surface area contributed by atoms with Gasteiger partial charge in [-0.2, -0.15) is 5.10 Å². The van der Waals surface area contributed by atoms with Crippen LogP contribution in [-0.4, -0.2) is 34.8 Å². The van der Waals surface area contributed by atoms with E-state index in [4.69, 9.17) is 10.5 Å². The second-order valence-electron chi connectivity index (χ2n) is 7.32. The molecule has 1 saturated carbocycles. The standard InChI is InChI=1S/C21H26N4O4.ClH/c1-25-20(27)17(11-18(24-25)14-5-3-13(12-22)4-6-14)19(26)23-16-9-7-15(8-10-16)21(28)29-2;/h3-6,11,15-16H,7-10,12,22H2,1-2H3,(H,23,26);1H/t15-,16-;. The lowest BCUT2D eigenvalue weighted by Crippen LogP contribution is -2.41. The molecule has 0 unspecified atom stereocenters. The molecule has 162 valence electrons. The Morgan fingerprint density at radius 1 is 1.20 bits per heavy atom. The number of esters is 1. The largest absolute Gasteiger partial charge is 0.469 e. The molecule has 0 spiro atoms. The van der Waals surface area contributed by atoms with E-state index in [0.29, 0.717) is 37.9 Å².